The lowest BCUT2D eigenvalue weighted by Crippen LogP contribution is -2.27. The Bertz CT molecular complexity index is 282. The van der Waals surface area contributed by atoms with Gasteiger partial charge >= 0.3 is 5.97 Å². The second kappa shape index (κ2) is 3.84. The van der Waals surface area contributed by atoms with Gasteiger partial charge in [-0.05, 0) is 6.92 Å². The second-order valence-corrected chi connectivity index (χ2v) is 2.54. The highest BCUT2D eigenvalue weighted by Gasteiger charge is 2.33. The van der Waals surface area contributed by atoms with Crippen LogP contribution in [0.25, 0.3) is 0 Å². The summed E-state index contributed by atoms with van der Waals surface area (Å²) in [6, 6.07) is 0. The standard InChI is InChI=1S/C8H9NO4/c1-2-3-7(11)13-5-4-6(10)9-8(5)12/h2-3,5H,4H2,1H3,(H,9,10,12). The lowest BCUT2D eigenvalue weighted by atomic mass is 10.3. The van der Waals surface area contributed by atoms with Gasteiger partial charge in [0.05, 0.1) is 6.42 Å². The molecule has 1 atom stereocenters. The molecule has 0 aromatic carbocycles. The van der Waals surface area contributed by atoms with Crippen LogP contribution in [0.2, 0.25) is 0 Å². The Hall–Kier alpha value is -1.65. The van der Waals surface area contributed by atoms with Gasteiger partial charge in [0.15, 0.2) is 6.10 Å². The largest absolute Gasteiger partial charge is 0.449 e. The van der Waals surface area contributed by atoms with Crippen LogP contribution >= 0.6 is 0 Å². The zero-order valence-electron chi connectivity index (χ0n) is 7.07. The summed E-state index contributed by atoms with van der Waals surface area (Å²) in [6.45, 7) is 1.65. The molecule has 1 heterocycles. The van der Waals surface area contributed by atoms with E-state index in [0.717, 1.165) is 0 Å². The molecule has 0 aromatic rings. The topological polar surface area (TPSA) is 72.5 Å². The summed E-state index contributed by atoms with van der Waals surface area (Å²) < 4.78 is 4.68. The lowest BCUT2D eigenvalue weighted by Gasteiger charge is -2.04. The summed E-state index contributed by atoms with van der Waals surface area (Å²) in [5.41, 5.74) is 0. The van der Waals surface area contributed by atoms with Gasteiger partial charge in [0, 0.05) is 6.08 Å². The normalized spacial score (nSPS) is 22.1. The fourth-order valence-corrected chi connectivity index (χ4v) is 0.941. The van der Waals surface area contributed by atoms with Crippen molar-refractivity contribution in [2.24, 2.45) is 0 Å². The molecule has 1 aliphatic heterocycles. The van der Waals surface area contributed by atoms with E-state index in [9.17, 15) is 14.4 Å². The summed E-state index contributed by atoms with van der Waals surface area (Å²) in [6.07, 6.45) is 1.64. The Kier molecular flexibility index (Phi) is 2.79. The summed E-state index contributed by atoms with van der Waals surface area (Å²) >= 11 is 0. The van der Waals surface area contributed by atoms with Crippen molar-refractivity contribution >= 4 is 17.8 Å². The molecular weight excluding hydrogens is 174 g/mol. The Labute approximate surface area is 74.7 Å². The van der Waals surface area contributed by atoms with Crippen molar-refractivity contribution in [3.8, 4) is 0 Å². The number of hydrogen-bond acceptors (Lipinski definition) is 4. The first-order chi connectivity index (χ1) is 6.13. The molecule has 0 aliphatic carbocycles. The van der Waals surface area contributed by atoms with Crippen molar-refractivity contribution in [1.29, 1.82) is 0 Å². The molecule has 1 aliphatic rings. The number of amides is 2. The van der Waals surface area contributed by atoms with E-state index < -0.39 is 23.9 Å². The van der Waals surface area contributed by atoms with E-state index in [1.165, 1.54) is 12.2 Å². The van der Waals surface area contributed by atoms with Crippen LogP contribution in [0.3, 0.4) is 0 Å². The maximum atomic E-state index is 10.9. The molecule has 0 bridgehead atoms. The van der Waals surface area contributed by atoms with Gasteiger partial charge in [0.2, 0.25) is 5.91 Å². The molecule has 1 N–H and O–H groups in total. The molecule has 1 unspecified atom stereocenters. The van der Waals surface area contributed by atoms with Crippen molar-refractivity contribution in [1.82, 2.24) is 5.32 Å². The van der Waals surface area contributed by atoms with Crippen LogP contribution in [0, 0.1) is 0 Å². The molecule has 0 radical (unpaired) electrons. The Morgan fingerprint density at radius 3 is 2.77 bits per heavy atom. The van der Waals surface area contributed by atoms with Crippen LogP contribution in [0.4, 0.5) is 0 Å². The first-order valence-corrected chi connectivity index (χ1v) is 3.80. The van der Waals surface area contributed by atoms with Crippen molar-refractivity contribution in [3.63, 3.8) is 0 Å². The zero-order valence-corrected chi connectivity index (χ0v) is 7.07. The molecule has 70 valence electrons. The molecule has 0 spiro atoms. The van der Waals surface area contributed by atoms with Gasteiger partial charge in [0.1, 0.15) is 0 Å². The zero-order chi connectivity index (χ0) is 9.84. The van der Waals surface area contributed by atoms with Gasteiger partial charge in [-0.3, -0.25) is 14.9 Å². The minimum atomic E-state index is -0.962. The smallest absolute Gasteiger partial charge is 0.331 e. The van der Waals surface area contributed by atoms with E-state index in [0.29, 0.717) is 0 Å². The average molecular weight is 183 g/mol. The summed E-state index contributed by atoms with van der Waals surface area (Å²) in [7, 11) is 0. The molecule has 2 amide bonds. The highest BCUT2D eigenvalue weighted by atomic mass is 16.5. The SMILES string of the molecule is CC=CC(=O)OC1CC(=O)NC1=O. The number of carbonyl (C=O) groups is 3. The highest BCUT2D eigenvalue weighted by molar-refractivity contribution is 6.05. The maximum Gasteiger partial charge on any atom is 0.331 e. The fourth-order valence-electron chi connectivity index (χ4n) is 0.941. The van der Waals surface area contributed by atoms with E-state index in [2.05, 4.69) is 4.74 Å². The number of carbonyl (C=O) groups excluding carboxylic acids is 3. The van der Waals surface area contributed by atoms with Gasteiger partial charge in [-0.1, -0.05) is 6.08 Å². The number of esters is 1. The van der Waals surface area contributed by atoms with E-state index in [-0.39, 0.29) is 6.42 Å². The minimum Gasteiger partial charge on any atom is -0.449 e. The molecule has 13 heavy (non-hydrogen) atoms. The highest BCUT2D eigenvalue weighted by Crippen LogP contribution is 2.06. The number of imide groups is 1. The summed E-state index contributed by atoms with van der Waals surface area (Å²) in [5, 5.41) is 2.04. The third kappa shape index (κ3) is 2.40. The number of nitrogens with one attached hydrogen (secondary N) is 1. The number of allylic oxidation sites excluding steroid dienone is 1. The van der Waals surface area contributed by atoms with Crippen molar-refractivity contribution < 1.29 is 19.1 Å². The average Bonchev–Trinajstić information content (AvgIpc) is 2.30. The van der Waals surface area contributed by atoms with Gasteiger partial charge in [-0.15, -0.1) is 0 Å². The van der Waals surface area contributed by atoms with E-state index >= 15 is 0 Å². The molecule has 5 nitrogen and oxygen atoms in total. The Morgan fingerprint density at radius 2 is 2.31 bits per heavy atom. The van der Waals surface area contributed by atoms with Gasteiger partial charge < -0.3 is 4.74 Å². The Morgan fingerprint density at radius 1 is 1.62 bits per heavy atom. The molecular formula is C8H9NO4. The molecule has 1 fully saturated rings. The van der Waals surface area contributed by atoms with E-state index in [1.807, 2.05) is 5.32 Å². The van der Waals surface area contributed by atoms with E-state index in [1.54, 1.807) is 6.92 Å². The second-order valence-electron chi connectivity index (χ2n) is 2.54. The maximum absolute atomic E-state index is 10.9. The lowest BCUT2D eigenvalue weighted by molar-refractivity contribution is -0.149. The van der Waals surface area contributed by atoms with Crippen LogP contribution < -0.4 is 5.32 Å². The van der Waals surface area contributed by atoms with Crippen LogP contribution in [-0.2, 0) is 19.1 Å². The number of ether oxygens (including phenoxy) is 1. The predicted molar refractivity (Wildman–Crippen MR) is 42.5 cm³/mol. The molecule has 5 heteroatoms. The molecule has 0 saturated carbocycles. The van der Waals surface area contributed by atoms with Crippen LogP contribution in [0.5, 0.6) is 0 Å². The minimum absolute atomic E-state index is 0.0812. The molecule has 1 saturated heterocycles. The summed E-state index contributed by atoms with van der Waals surface area (Å²) in [5.74, 6) is -1.58. The number of rotatable bonds is 2. The Balaban J connectivity index is 2.50. The van der Waals surface area contributed by atoms with Crippen molar-refractivity contribution in [2.75, 3.05) is 0 Å². The predicted octanol–water partition coefficient (Wildman–Crippen LogP) is -0.479. The monoisotopic (exact) mass is 183 g/mol. The van der Waals surface area contributed by atoms with Gasteiger partial charge in [-0.2, -0.15) is 0 Å². The van der Waals surface area contributed by atoms with E-state index in [4.69, 9.17) is 0 Å². The number of hydrogen-bond donors (Lipinski definition) is 1. The molecule has 1 rings (SSSR count). The van der Waals surface area contributed by atoms with Crippen molar-refractivity contribution in [2.45, 2.75) is 19.4 Å². The van der Waals surface area contributed by atoms with Crippen LogP contribution in [0.15, 0.2) is 12.2 Å². The third-order valence-electron chi connectivity index (χ3n) is 1.49. The quantitative estimate of drug-likeness (QED) is 0.356. The van der Waals surface area contributed by atoms with Crippen LogP contribution in [0.1, 0.15) is 13.3 Å². The van der Waals surface area contributed by atoms with Crippen molar-refractivity contribution in [3.05, 3.63) is 12.2 Å². The van der Waals surface area contributed by atoms with Gasteiger partial charge in [-0.25, -0.2) is 4.79 Å². The van der Waals surface area contributed by atoms with Crippen LogP contribution in [-0.4, -0.2) is 23.9 Å². The molecule has 0 aromatic heterocycles. The summed E-state index contributed by atoms with van der Waals surface area (Å²) in [4.78, 5) is 32.4. The third-order valence-corrected chi connectivity index (χ3v) is 1.49. The fraction of sp³-hybridized carbons (Fsp3) is 0.375. The first kappa shape index (κ1) is 9.44. The first-order valence-electron chi connectivity index (χ1n) is 3.80. The van der Waals surface area contributed by atoms with Gasteiger partial charge in [0.25, 0.3) is 5.91 Å².